The Kier molecular flexibility index (Phi) is 5.69. The molecule has 1 amide bonds. The molecule has 35 heavy (non-hydrogen) atoms. The molecule has 10 nitrogen and oxygen atoms in total. The molecule has 0 saturated carbocycles. The standard InChI is InChI=1S/C24H19N5O5S/c1-3-20(30)27-17-10-5-4-9-16(17)21-22(31)25-24(35-2)26-28(21)23(27)19-12-11-18(34-19)14-7-6-8-15(13-14)29(32)33/h4-13,23H,3H2,1-2H3. The molecule has 4 aromatic rings. The fourth-order valence-corrected chi connectivity index (χ4v) is 4.48. The third kappa shape index (κ3) is 3.79. The number of anilines is 1. The number of nitrogens with zero attached hydrogens (tertiary/aromatic N) is 5. The molecule has 0 fully saturated rings. The van der Waals surface area contributed by atoms with Crippen molar-refractivity contribution in [2.24, 2.45) is 0 Å². The van der Waals surface area contributed by atoms with Gasteiger partial charge in [0.05, 0.1) is 22.1 Å². The van der Waals surface area contributed by atoms with Gasteiger partial charge in [-0.25, -0.2) is 9.88 Å². The highest BCUT2D eigenvalue weighted by Crippen LogP contribution is 2.42. The van der Waals surface area contributed by atoms with Gasteiger partial charge in [-0.1, -0.05) is 43.0 Å². The van der Waals surface area contributed by atoms with Crippen molar-refractivity contribution in [3.63, 3.8) is 0 Å². The molecule has 176 valence electrons. The van der Waals surface area contributed by atoms with Crippen LogP contribution < -0.4 is 14.7 Å². The SMILES string of the molecule is CCC(=O)N1c2ccccc2-c2c([O-])nc(SC)n[n+]2C1c1ccc(-c2cccc([N+](=O)[O-])c2)o1. The molecule has 5 rings (SSSR count). The number of nitro groups is 1. The monoisotopic (exact) mass is 489 g/mol. The van der Waals surface area contributed by atoms with Crippen LogP contribution in [0.5, 0.6) is 5.88 Å². The van der Waals surface area contributed by atoms with E-state index in [1.807, 2.05) is 0 Å². The van der Waals surface area contributed by atoms with Gasteiger partial charge in [-0.15, -0.1) is 0 Å². The lowest BCUT2D eigenvalue weighted by molar-refractivity contribution is -0.765. The predicted octanol–water partition coefficient (Wildman–Crippen LogP) is 3.70. The van der Waals surface area contributed by atoms with E-state index < -0.39 is 17.0 Å². The highest BCUT2D eigenvalue weighted by molar-refractivity contribution is 7.98. The highest BCUT2D eigenvalue weighted by atomic mass is 32.2. The molecule has 0 aliphatic carbocycles. The zero-order chi connectivity index (χ0) is 24.7. The number of furan rings is 1. The van der Waals surface area contributed by atoms with Crippen molar-refractivity contribution in [3.05, 3.63) is 76.5 Å². The molecule has 11 heteroatoms. The normalized spacial score (nSPS) is 14.3. The van der Waals surface area contributed by atoms with E-state index in [1.165, 1.54) is 28.6 Å². The van der Waals surface area contributed by atoms with Crippen LogP contribution in [-0.4, -0.2) is 27.2 Å². The number of aromatic nitrogens is 3. The van der Waals surface area contributed by atoms with Crippen LogP contribution in [0.25, 0.3) is 22.6 Å². The van der Waals surface area contributed by atoms with Crippen molar-refractivity contribution in [2.45, 2.75) is 24.7 Å². The van der Waals surface area contributed by atoms with Crippen molar-refractivity contribution in [3.8, 4) is 28.5 Å². The van der Waals surface area contributed by atoms with Crippen molar-refractivity contribution >= 4 is 29.0 Å². The molecular formula is C24H19N5O5S. The van der Waals surface area contributed by atoms with E-state index >= 15 is 0 Å². The number of carbonyl (C=O) groups is 1. The number of hydrogen-bond acceptors (Lipinski definition) is 8. The van der Waals surface area contributed by atoms with E-state index in [-0.39, 0.29) is 28.9 Å². The maximum Gasteiger partial charge on any atom is 0.325 e. The minimum atomic E-state index is -0.888. The van der Waals surface area contributed by atoms with Crippen LogP contribution in [-0.2, 0) is 4.79 Å². The van der Waals surface area contributed by atoms with Crippen LogP contribution in [0.1, 0.15) is 25.3 Å². The zero-order valence-electron chi connectivity index (χ0n) is 18.7. The second-order valence-electron chi connectivity index (χ2n) is 7.71. The summed E-state index contributed by atoms with van der Waals surface area (Å²) in [5, 5.41) is 29.1. The van der Waals surface area contributed by atoms with Gasteiger partial charge in [-0.2, -0.15) is 0 Å². The van der Waals surface area contributed by atoms with Crippen molar-refractivity contribution in [2.75, 3.05) is 11.2 Å². The Balaban J connectivity index is 1.72. The molecule has 0 bridgehead atoms. The van der Waals surface area contributed by atoms with Crippen LogP contribution in [0, 0.1) is 10.1 Å². The second-order valence-corrected chi connectivity index (χ2v) is 8.49. The summed E-state index contributed by atoms with van der Waals surface area (Å²) in [6.45, 7) is 1.76. The van der Waals surface area contributed by atoms with E-state index in [4.69, 9.17) is 4.42 Å². The second kappa shape index (κ2) is 8.84. The van der Waals surface area contributed by atoms with Crippen LogP contribution in [0.15, 0.2) is 70.2 Å². The average molecular weight is 490 g/mol. The molecule has 1 aliphatic heterocycles. The van der Waals surface area contributed by atoms with Gasteiger partial charge < -0.3 is 9.52 Å². The Morgan fingerprint density at radius 2 is 2.00 bits per heavy atom. The highest BCUT2D eigenvalue weighted by Gasteiger charge is 2.46. The number of rotatable bonds is 5. The fraction of sp³-hybridized carbons (Fsp3) is 0.167. The summed E-state index contributed by atoms with van der Waals surface area (Å²) in [6.07, 6.45) is 1.08. The number of fused-ring (bicyclic) bond motifs is 3. The number of thioether (sulfide) groups is 1. The third-order valence-corrected chi connectivity index (χ3v) is 6.23. The lowest BCUT2D eigenvalue weighted by Gasteiger charge is -2.32. The summed E-state index contributed by atoms with van der Waals surface area (Å²) in [5.74, 6) is 0.0795. The number of nitro benzene ring substituents is 1. The molecule has 0 spiro atoms. The fourth-order valence-electron chi connectivity index (χ4n) is 4.14. The van der Waals surface area contributed by atoms with Crippen LogP contribution in [0.4, 0.5) is 11.4 Å². The molecule has 1 unspecified atom stereocenters. The van der Waals surface area contributed by atoms with Crippen molar-refractivity contribution < 1.29 is 23.9 Å². The first-order chi connectivity index (χ1) is 16.9. The van der Waals surface area contributed by atoms with Gasteiger partial charge in [0.1, 0.15) is 5.76 Å². The third-order valence-electron chi connectivity index (χ3n) is 5.69. The summed E-state index contributed by atoms with van der Waals surface area (Å²) in [7, 11) is 0. The molecular weight excluding hydrogens is 470 g/mol. The average Bonchev–Trinajstić information content (AvgIpc) is 3.37. The van der Waals surface area contributed by atoms with Gasteiger partial charge in [0.15, 0.2) is 5.76 Å². The number of amides is 1. The molecule has 3 heterocycles. The van der Waals surface area contributed by atoms with Crippen molar-refractivity contribution in [1.29, 1.82) is 0 Å². The Morgan fingerprint density at radius 3 is 2.74 bits per heavy atom. The Hall–Kier alpha value is -4.25. The summed E-state index contributed by atoms with van der Waals surface area (Å²) in [5.41, 5.74) is 1.79. The maximum atomic E-state index is 13.2. The van der Waals surface area contributed by atoms with Gasteiger partial charge in [0.25, 0.3) is 16.5 Å². The minimum Gasteiger partial charge on any atom is -0.854 e. The molecule has 0 N–H and O–H groups in total. The molecule has 2 aromatic carbocycles. The van der Waals surface area contributed by atoms with Gasteiger partial charge in [-0.05, 0) is 35.2 Å². The Morgan fingerprint density at radius 1 is 1.20 bits per heavy atom. The summed E-state index contributed by atoms with van der Waals surface area (Å²) < 4.78 is 7.63. The smallest absolute Gasteiger partial charge is 0.325 e. The van der Waals surface area contributed by atoms with E-state index in [9.17, 15) is 20.0 Å². The maximum absolute atomic E-state index is 13.2. The lowest BCUT2D eigenvalue weighted by atomic mass is 10.0. The number of benzene rings is 2. The first kappa shape index (κ1) is 22.5. The Bertz CT molecular complexity index is 1470. The summed E-state index contributed by atoms with van der Waals surface area (Å²) in [4.78, 5) is 29.6. The summed E-state index contributed by atoms with van der Waals surface area (Å²) in [6, 6.07) is 16.6. The number of para-hydroxylation sites is 1. The summed E-state index contributed by atoms with van der Waals surface area (Å²) >= 11 is 1.22. The molecule has 1 atom stereocenters. The first-order valence-electron chi connectivity index (χ1n) is 10.7. The van der Waals surface area contributed by atoms with Crippen LogP contribution in [0.3, 0.4) is 0 Å². The van der Waals surface area contributed by atoms with Gasteiger partial charge >= 0.3 is 6.17 Å². The predicted molar refractivity (Wildman–Crippen MR) is 126 cm³/mol. The molecule has 0 radical (unpaired) electrons. The number of hydrogen-bond donors (Lipinski definition) is 0. The zero-order valence-corrected chi connectivity index (χ0v) is 19.6. The van der Waals surface area contributed by atoms with E-state index in [1.54, 1.807) is 66.6 Å². The van der Waals surface area contributed by atoms with Gasteiger partial charge in [0.2, 0.25) is 5.91 Å². The number of non-ortho nitro benzene ring substituents is 1. The molecule has 1 aliphatic rings. The largest absolute Gasteiger partial charge is 0.854 e. The van der Waals surface area contributed by atoms with Gasteiger partial charge in [-0.3, -0.25) is 14.9 Å². The quantitative estimate of drug-likeness (QED) is 0.180. The molecule has 0 saturated heterocycles. The minimum absolute atomic E-state index is 0.0668. The first-order valence-corrected chi connectivity index (χ1v) is 12.0. The van der Waals surface area contributed by atoms with Crippen LogP contribution >= 0.6 is 11.8 Å². The van der Waals surface area contributed by atoms with Crippen LogP contribution in [0.2, 0.25) is 0 Å². The van der Waals surface area contributed by atoms with E-state index in [2.05, 4.69) is 10.1 Å². The Labute approximate surface area is 204 Å². The topological polar surface area (TPSA) is 129 Å². The number of carbonyl (C=O) groups excluding carboxylic acids is 1. The van der Waals surface area contributed by atoms with E-state index in [0.717, 1.165) is 0 Å². The molecule has 2 aromatic heterocycles. The van der Waals surface area contributed by atoms with E-state index in [0.29, 0.717) is 28.3 Å². The van der Waals surface area contributed by atoms with Crippen molar-refractivity contribution in [1.82, 2.24) is 10.1 Å². The lowest BCUT2D eigenvalue weighted by Crippen LogP contribution is -2.59. The van der Waals surface area contributed by atoms with Gasteiger partial charge in [0, 0.05) is 29.2 Å².